The third kappa shape index (κ3) is 4.28. The molecule has 0 radical (unpaired) electrons. The van der Waals surface area contributed by atoms with Crippen molar-refractivity contribution in [3.05, 3.63) is 42.1 Å². The molecule has 0 saturated carbocycles. The fourth-order valence-corrected chi connectivity index (χ4v) is 1.66. The highest BCUT2D eigenvalue weighted by molar-refractivity contribution is 7.80. The van der Waals surface area contributed by atoms with Gasteiger partial charge in [0.05, 0.1) is 11.8 Å². The highest BCUT2D eigenvalue weighted by atomic mass is 32.1. The number of nitrogens with zero attached hydrogens (tertiary/aromatic N) is 2. The van der Waals surface area contributed by atoms with Crippen LogP contribution in [0, 0.1) is 0 Å². The molecule has 9 heteroatoms. The van der Waals surface area contributed by atoms with Gasteiger partial charge in [0.25, 0.3) is 0 Å². The molecule has 0 spiro atoms. The lowest BCUT2D eigenvalue weighted by molar-refractivity contribution is -0.274. The van der Waals surface area contributed by atoms with Gasteiger partial charge in [-0.05, 0) is 30.3 Å². The van der Waals surface area contributed by atoms with Gasteiger partial charge in [-0.3, -0.25) is 0 Å². The lowest BCUT2D eigenvalue weighted by Crippen LogP contribution is -2.17. The van der Waals surface area contributed by atoms with Gasteiger partial charge in [-0.2, -0.15) is 5.10 Å². The van der Waals surface area contributed by atoms with Crippen LogP contribution >= 0.6 is 12.2 Å². The van der Waals surface area contributed by atoms with Crippen LogP contribution in [0.25, 0.3) is 0 Å². The van der Waals surface area contributed by atoms with Crippen LogP contribution in [0.15, 0.2) is 36.5 Å². The van der Waals surface area contributed by atoms with Crippen molar-refractivity contribution in [3.63, 3.8) is 0 Å². The predicted octanol–water partition coefficient (Wildman–Crippen LogP) is 2.75. The summed E-state index contributed by atoms with van der Waals surface area (Å²) >= 11 is 4.87. The predicted molar refractivity (Wildman–Crippen MR) is 74.3 cm³/mol. The van der Waals surface area contributed by atoms with E-state index in [9.17, 15) is 13.2 Å². The second-order valence-electron chi connectivity index (χ2n) is 3.85. The zero-order chi connectivity index (χ0) is 15.5. The van der Waals surface area contributed by atoms with Gasteiger partial charge in [-0.1, -0.05) is 12.2 Å². The van der Waals surface area contributed by atoms with Crippen molar-refractivity contribution in [3.8, 4) is 5.75 Å². The van der Waals surface area contributed by atoms with Crippen molar-refractivity contribution >= 4 is 28.7 Å². The summed E-state index contributed by atoms with van der Waals surface area (Å²) in [6, 6.07) is 6.73. The maximum Gasteiger partial charge on any atom is 0.573 e. The summed E-state index contributed by atoms with van der Waals surface area (Å²) in [6.45, 7) is 0. The first-order valence-corrected chi connectivity index (χ1v) is 6.00. The number of nitrogens with one attached hydrogen (secondary N) is 1. The lowest BCUT2D eigenvalue weighted by atomic mass is 10.2. The summed E-state index contributed by atoms with van der Waals surface area (Å²) in [5.41, 5.74) is 6.51. The molecule has 0 amide bonds. The molecule has 0 fully saturated rings. The molecule has 1 heterocycles. The number of halogens is 3. The number of aromatic nitrogens is 2. The molecule has 1 aromatic heterocycles. The molecule has 0 atom stereocenters. The number of rotatable bonds is 4. The monoisotopic (exact) mass is 314 g/mol. The van der Waals surface area contributed by atoms with Crippen LogP contribution in [0.4, 0.5) is 24.7 Å². The Hall–Kier alpha value is -2.42. The number of anilines is 2. The molecule has 0 saturated heterocycles. The minimum atomic E-state index is -4.72. The molecule has 2 rings (SSSR count). The SMILES string of the molecule is NC(=S)c1ccnnc1Nc1ccc(OC(F)(F)F)cc1. The Labute approximate surface area is 122 Å². The molecule has 2 aromatic rings. The van der Waals surface area contributed by atoms with Crippen molar-refractivity contribution in [1.82, 2.24) is 10.2 Å². The Kier molecular flexibility index (Phi) is 4.22. The Morgan fingerprint density at radius 2 is 1.86 bits per heavy atom. The molecule has 0 aliphatic rings. The Morgan fingerprint density at radius 1 is 1.19 bits per heavy atom. The van der Waals surface area contributed by atoms with E-state index in [4.69, 9.17) is 18.0 Å². The number of hydrogen-bond acceptors (Lipinski definition) is 5. The van der Waals surface area contributed by atoms with Crippen LogP contribution in [0.3, 0.4) is 0 Å². The van der Waals surface area contributed by atoms with E-state index in [-0.39, 0.29) is 10.7 Å². The molecule has 1 aromatic carbocycles. The Morgan fingerprint density at radius 3 is 2.43 bits per heavy atom. The maximum atomic E-state index is 12.0. The molecule has 0 aliphatic carbocycles. The highest BCUT2D eigenvalue weighted by Gasteiger charge is 2.30. The van der Waals surface area contributed by atoms with Crippen molar-refractivity contribution in [1.29, 1.82) is 0 Å². The Balaban J connectivity index is 2.16. The van der Waals surface area contributed by atoms with Crippen LogP contribution in [0.5, 0.6) is 5.75 Å². The molecule has 21 heavy (non-hydrogen) atoms. The van der Waals surface area contributed by atoms with E-state index in [1.807, 2.05) is 0 Å². The fraction of sp³-hybridized carbons (Fsp3) is 0.0833. The minimum absolute atomic E-state index is 0.129. The molecule has 110 valence electrons. The molecule has 3 N–H and O–H groups in total. The summed E-state index contributed by atoms with van der Waals surface area (Å²) in [5.74, 6) is -0.00347. The fourth-order valence-electron chi connectivity index (χ4n) is 1.50. The third-order valence-corrected chi connectivity index (χ3v) is 2.56. The number of alkyl halides is 3. The number of thiocarbonyl (C=S) groups is 1. The molecule has 0 unspecified atom stereocenters. The first-order valence-electron chi connectivity index (χ1n) is 5.59. The molecule has 5 nitrogen and oxygen atoms in total. The van der Waals surface area contributed by atoms with Crippen LogP contribution < -0.4 is 15.8 Å². The summed E-state index contributed by atoms with van der Waals surface area (Å²) < 4.78 is 39.9. The maximum absolute atomic E-state index is 12.0. The smallest absolute Gasteiger partial charge is 0.406 e. The van der Waals surface area contributed by atoms with E-state index in [1.165, 1.54) is 30.5 Å². The van der Waals surface area contributed by atoms with Gasteiger partial charge in [-0.15, -0.1) is 18.3 Å². The van der Waals surface area contributed by atoms with Gasteiger partial charge in [0.15, 0.2) is 5.82 Å². The lowest BCUT2D eigenvalue weighted by Gasteiger charge is -2.11. The second-order valence-corrected chi connectivity index (χ2v) is 4.29. The van der Waals surface area contributed by atoms with Crippen LogP contribution in [-0.4, -0.2) is 21.5 Å². The largest absolute Gasteiger partial charge is 0.573 e. The van der Waals surface area contributed by atoms with Crippen LogP contribution in [0.1, 0.15) is 5.56 Å². The third-order valence-electron chi connectivity index (χ3n) is 2.34. The van der Waals surface area contributed by atoms with E-state index in [1.54, 1.807) is 6.07 Å². The number of ether oxygens (including phenoxy) is 1. The van der Waals surface area contributed by atoms with Crippen molar-refractivity contribution < 1.29 is 17.9 Å². The van der Waals surface area contributed by atoms with E-state index in [0.29, 0.717) is 17.1 Å². The van der Waals surface area contributed by atoms with Crippen molar-refractivity contribution in [2.45, 2.75) is 6.36 Å². The van der Waals surface area contributed by atoms with E-state index in [2.05, 4.69) is 20.3 Å². The van der Waals surface area contributed by atoms with E-state index in [0.717, 1.165) is 0 Å². The number of nitrogens with two attached hydrogens (primary N) is 1. The second kappa shape index (κ2) is 5.92. The van der Waals surface area contributed by atoms with Gasteiger partial charge in [-0.25, -0.2) is 0 Å². The van der Waals surface area contributed by atoms with Crippen LogP contribution in [-0.2, 0) is 0 Å². The molecule has 0 aliphatic heterocycles. The first-order chi connectivity index (χ1) is 9.85. The van der Waals surface area contributed by atoms with Gasteiger partial charge in [0, 0.05) is 5.69 Å². The van der Waals surface area contributed by atoms with Gasteiger partial charge < -0.3 is 15.8 Å². The van der Waals surface area contributed by atoms with Gasteiger partial charge in [0.2, 0.25) is 0 Å². The van der Waals surface area contributed by atoms with Gasteiger partial charge >= 0.3 is 6.36 Å². The zero-order valence-corrected chi connectivity index (χ0v) is 11.2. The average molecular weight is 314 g/mol. The topological polar surface area (TPSA) is 73.1 Å². The summed E-state index contributed by atoms with van der Waals surface area (Å²) in [7, 11) is 0. The van der Waals surface area contributed by atoms with Crippen molar-refractivity contribution in [2.75, 3.05) is 5.32 Å². The first kappa shape index (κ1) is 15.0. The Bertz CT molecular complexity index is 646. The van der Waals surface area contributed by atoms with Crippen molar-refractivity contribution in [2.24, 2.45) is 5.73 Å². The molecule has 0 bridgehead atoms. The quantitative estimate of drug-likeness (QED) is 0.846. The van der Waals surface area contributed by atoms with E-state index >= 15 is 0 Å². The number of hydrogen-bond donors (Lipinski definition) is 2. The van der Waals surface area contributed by atoms with E-state index < -0.39 is 6.36 Å². The highest BCUT2D eigenvalue weighted by Crippen LogP contribution is 2.25. The summed E-state index contributed by atoms with van der Waals surface area (Å²) in [6.07, 6.45) is -3.29. The van der Waals surface area contributed by atoms with Crippen LogP contribution in [0.2, 0.25) is 0 Å². The molecular weight excluding hydrogens is 305 g/mol. The van der Waals surface area contributed by atoms with Gasteiger partial charge in [0.1, 0.15) is 10.7 Å². The standard InChI is InChI=1S/C12H9F3N4OS/c13-12(14,15)20-8-3-1-7(2-4-8)18-11-9(10(16)21)5-6-17-19-11/h1-6H,(H2,16,21)(H,18,19). The summed E-state index contributed by atoms with van der Waals surface area (Å²) in [4.78, 5) is 0.129. The minimum Gasteiger partial charge on any atom is -0.406 e. The number of benzene rings is 1. The average Bonchev–Trinajstić information content (AvgIpc) is 2.40. The normalized spacial score (nSPS) is 11.0. The molecular formula is C12H9F3N4OS. The zero-order valence-electron chi connectivity index (χ0n) is 10.4. The summed E-state index contributed by atoms with van der Waals surface area (Å²) in [5, 5.41) is 10.4.